The normalized spacial score (nSPS) is 18.7. The molecule has 0 aliphatic carbocycles. The van der Waals surface area contributed by atoms with Gasteiger partial charge in [0.1, 0.15) is 0 Å². The maximum Gasteiger partial charge on any atom is 0.175 e. The fourth-order valence-corrected chi connectivity index (χ4v) is 3.60. The molecule has 0 saturated carbocycles. The number of tetrazole rings is 1. The van der Waals surface area contributed by atoms with Gasteiger partial charge < -0.3 is 5.32 Å². The van der Waals surface area contributed by atoms with Crippen molar-refractivity contribution in [3.8, 4) is 5.69 Å². The summed E-state index contributed by atoms with van der Waals surface area (Å²) in [5, 5.41) is 15.3. The fraction of sp³-hybridized carbons (Fsp3) is 0.533. The van der Waals surface area contributed by atoms with Crippen LogP contribution in [0.4, 0.5) is 0 Å². The first-order chi connectivity index (χ1) is 11.5. The first-order valence-electron chi connectivity index (χ1n) is 7.95. The molecule has 1 aliphatic rings. The SMILES string of the molecule is CNC1CCCN(Cc2nnnn2-c2ccc(S(C)(=O)=O)cc2)C1.Cl. The van der Waals surface area contributed by atoms with Crippen molar-refractivity contribution >= 4 is 22.2 Å². The average molecular weight is 387 g/mol. The van der Waals surface area contributed by atoms with Crippen molar-refractivity contribution in [1.82, 2.24) is 30.4 Å². The molecular weight excluding hydrogens is 364 g/mol. The minimum atomic E-state index is -3.21. The van der Waals surface area contributed by atoms with E-state index in [-0.39, 0.29) is 17.3 Å². The van der Waals surface area contributed by atoms with Crippen molar-refractivity contribution in [3.05, 3.63) is 30.1 Å². The first-order valence-corrected chi connectivity index (χ1v) is 9.84. The van der Waals surface area contributed by atoms with E-state index in [1.165, 1.54) is 12.7 Å². The summed E-state index contributed by atoms with van der Waals surface area (Å²) in [5.41, 5.74) is 0.754. The lowest BCUT2D eigenvalue weighted by Crippen LogP contribution is -2.44. The highest BCUT2D eigenvalue weighted by atomic mass is 35.5. The van der Waals surface area contributed by atoms with Gasteiger partial charge in [-0.1, -0.05) is 0 Å². The topological polar surface area (TPSA) is 93.0 Å². The van der Waals surface area contributed by atoms with Crippen LogP contribution >= 0.6 is 12.4 Å². The van der Waals surface area contributed by atoms with E-state index in [1.54, 1.807) is 28.9 Å². The Morgan fingerprint density at radius 2 is 2.00 bits per heavy atom. The highest BCUT2D eigenvalue weighted by Gasteiger charge is 2.21. The van der Waals surface area contributed by atoms with Gasteiger partial charge in [0.15, 0.2) is 15.7 Å². The van der Waals surface area contributed by atoms with Gasteiger partial charge in [-0.15, -0.1) is 17.5 Å². The van der Waals surface area contributed by atoms with Crippen LogP contribution in [0.3, 0.4) is 0 Å². The number of halogens is 1. The van der Waals surface area contributed by atoms with Crippen LogP contribution in [0.2, 0.25) is 0 Å². The van der Waals surface area contributed by atoms with Crippen molar-refractivity contribution in [3.63, 3.8) is 0 Å². The number of benzene rings is 1. The number of hydrogen-bond donors (Lipinski definition) is 1. The van der Waals surface area contributed by atoms with Gasteiger partial charge >= 0.3 is 0 Å². The number of sulfone groups is 1. The van der Waals surface area contributed by atoms with Crippen molar-refractivity contribution in [1.29, 1.82) is 0 Å². The summed E-state index contributed by atoms with van der Waals surface area (Å²) in [6.07, 6.45) is 3.53. The molecule has 138 valence electrons. The molecule has 25 heavy (non-hydrogen) atoms. The third kappa shape index (κ3) is 4.75. The molecule has 1 aromatic heterocycles. The summed E-state index contributed by atoms with van der Waals surface area (Å²) in [6, 6.07) is 7.10. The third-order valence-electron chi connectivity index (χ3n) is 4.32. The molecule has 8 nitrogen and oxygen atoms in total. The molecular formula is C15H23ClN6O2S. The average Bonchev–Trinajstić information content (AvgIpc) is 3.02. The van der Waals surface area contributed by atoms with E-state index in [0.717, 1.165) is 31.0 Å². The Hall–Kier alpha value is -1.55. The van der Waals surface area contributed by atoms with Crippen LogP contribution in [0.25, 0.3) is 5.69 Å². The lowest BCUT2D eigenvalue weighted by molar-refractivity contribution is 0.183. The molecule has 1 saturated heterocycles. The summed E-state index contributed by atoms with van der Waals surface area (Å²) in [6.45, 7) is 2.66. The zero-order valence-corrected chi connectivity index (χ0v) is 15.9. The number of nitrogens with zero attached hydrogens (tertiary/aromatic N) is 5. The van der Waals surface area contributed by atoms with Gasteiger partial charge in [0.05, 0.1) is 17.1 Å². The molecule has 0 bridgehead atoms. The molecule has 1 unspecified atom stereocenters. The van der Waals surface area contributed by atoms with Gasteiger partial charge in [-0.05, 0) is 61.1 Å². The van der Waals surface area contributed by atoms with Crippen LogP contribution < -0.4 is 5.32 Å². The summed E-state index contributed by atoms with van der Waals surface area (Å²) in [5.74, 6) is 0.749. The zero-order chi connectivity index (χ0) is 17.2. The van der Waals surface area contributed by atoms with Crippen molar-refractivity contribution in [2.24, 2.45) is 0 Å². The second-order valence-electron chi connectivity index (χ2n) is 6.14. The smallest absolute Gasteiger partial charge is 0.175 e. The van der Waals surface area contributed by atoms with Crippen LogP contribution in [0.15, 0.2) is 29.2 Å². The Kier molecular flexibility index (Phi) is 6.50. The molecule has 1 fully saturated rings. The van der Waals surface area contributed by atoms with Gasteiger partial charge in [0, 0.05) is 18.8 Å². The van der Waals surface area contributed by atoms with E-state index in [2.05, 4.69) is 25.7 Å². The lowest BCUT2D eigenvalue weighted by Gasteiger charge is -2.31. The van der Waals surface area contributed by atoms with Crippen molar-refractivity contribution in [2.45, 2.75) is 30.3 Å². The largest absolute Gasteiger partial charge is 0.316 e. The molecule has 1 N–H and O–H groups in total. The molecule has 0 spiro atoms. The molecule has 0 radical (unpaired) electrons. The van der Waals surface area contributed by atoms with E-state index in [4.69, 9.17) is 0 Å². The molecule has 1 aromatic carbocycles. The van der Waals surface area contributed by atoms with Gasteiger partial charge in [-0.25, -0.2) is 8.42 Å². The highest BCUT2D eigenvalue weighted by molar-refractivity contribution is 7.90. The minimum Gasteiger partial charge on any atom is -0.316 e. The summed E-state index contributed by atoms with van der Waals surface area (Å²) < 4.78 is 24.8. The summed E-state index contributed by atoms with van der Waals surface area (Å²) >= 11 is 0. The first kappa shape index (κ1) is 19.8. The number of aromatic nitrogens is 4. The molecule has 0 amide bonds. The molecule has 1 aliphatic heterocycles. The maximum absolute atomic E-state index is 11.6. The van der Waals surface area contributed by atoms with Gasteiger partial charge in [-0.3, -0.25) is 4.90 Å². The van der Waals surface area contributed by atoms with Crippen LogP contribution in [-0.2, 0) is 16.4 Å². The van der Waals surface area contributed by atoms with Crippen LogP contribution in [-0.4, -0.2) is 66.0 Å². The second-order valence-corrected chi connectivity index (χ2v) is 8.15. The monoisotopic (exact) mass is 386 g/mol. The number of likely N-dealkylation sites (N-methyl/N-ethyl adjacent to an activating group) is 1. The molecule has 10 heteroatoms. The van der Waals surface area contributed by atoms with E-state index in [9.17, 15) is 8.42 Å². The van der Waals surface area contributed by atoms with Crippen LogP contribution in [0.5, 0.6) is 0 Å². The van der Waals surface area contributed by atoms with E-state index in [0.29, 0.717) is 12.6 Å². The third-order valence-corrected chi connectivity index (χ3v) is 5.45. The number of rotatable bonds is 5. The number of likely N-dealkylation sites (tertiary alicyclic amines) is 1. The van der Waals surface area contributed by atoms with Gasteiger partial charge in [0.25, 0.3) is 0 Å². The summed E-state index contributed by atoms with van der Waals surface area (Å²) in [4.78, 5) is 2.62. The lowest BCUT2D eigenvalue weighted by atomic mass is 10.1. The number of nitrogens with one attached hydrogen (secondary N) is 1. The van der Waals surface area contributed by atoms with E-state index < -0.39 is 9.84 Å². The summed E-state index contributed by atoms with van der Waals surface area (Å²) in [7, 11) is -1.22. The number of piperidine rings is 1. The zero-order valence-electron chi connectivity index (χ0n) is 14.3. The van der Waals surface area contributed by atoms with E-state index >= 15 is 0 Å². The predicted octanol–water partition coefficient (Wildman–Crippen LogP) is 0.671. The van der Waals surface area contributed by atoms with Crippen LogP contribution in [0, 0.1) is 0 Å². The Morgan fingerprint density at radius 3 is 2.64 bits per heavy atom. The van der Waals surface area contributed by atoms with Crippen molar-refractivity contribution < 1.29 is 8.42 Å². The maximum atomic E-state index is 11.6. The van der Waals surface area contributed by atoms with Gasteiger partial charge in [-0.2, -0.15) is 4.68 Å². The molecule has 3 rings (SSSR count). The second kappa shape index (κ2) is 8.22. The standard InChI is InChI=1S/C15H22N6O2S.ClH/c1-16-12-4-3-9-20(10-12)11-15-17-18-19-21(15)13-5-7-14(8-6-13)24(2,22)23;/h5-8,12,16H,3-4,9-11H2,1-2H3;1H. The Balaban J connectivity index is 0.00000225. The highest BCUT2D eigenvalue weighted by Crippen LogP contribution is 2.16. The minimum absolute atomic E-state index is 0. The number of hydrogen-bond acceptors (Lipinski definition) is 7. The van der Waals surface area contributed by atoms with Crippen LogP contribution in [0.1, 0.15) is 18.7 Å². The fourth-order valence-electron chi connectivity index (χ4n) is 2.97. The Bertz CT molecular complexity index is 793. The quantitative estimate of drug-likeness (QED) is 0.807. The predicted molar refractivity (Wildman–Crippen MR) is 96.9 cm³/mol. The van der Waals surface area contributed by atoms with Gasteiger partial charge in [0.2, 0.25) is 0 Å². The Morgan fingerprint density at radius 1 is 1.28 bits per heavy atom. The molecule has 1 atom stereocenters. The Labute approximate surface area is 153 Å². The molecule has 2 aromatic rings. The van der Waals surface area contributed by atoms with Crippen molar-refractivity contribution in [2.75, 3.05) is 26.4 Å². The molecule has 2 heterocycles. The van der Waals surface area contributed by atoms with E-state index in [1.807, 2.05) is 7.05 Å².